The van der Waals surface area contributed by atoms with E-state index in [0.717, 1.165) is 22.4 Å². The molecule has 0 aliphatic carbocycles. The van der Waals surface area contributed by atoms with E-state index in [1.807, 2.05) is 32.0 Å². The Balaban J connectivity index is 0.00000544. The SMILES string of the molecule is CCOCCOc1cc(C)ccc1CNC(=NC)NCc1ccc(OC)c(OC)c1OC.I. The van der Waals surface area contributed by atoms with Crippen molar-refractivity contribution in [2.45, 2.75) is 26.9 Å². The summed E-state index contributed by atoms with van der Waals surface area (Å²) in [6.07, 6.45) is 0. The van der Waals surface area contributed by atoms with Crippen molar-refractivity contribution in [2.24, 2.45) is 4.99 Å². The van der Waals surface area contributed by atoms with Gasteiger partial charge in [-0.1, -0.05) is 12.1 Å². The number of aryl methyl sites for hydroxylation is 1. The van der Waals surface area contributed by atoms with Crippen LogP contribution >= 0.6 is 24.0 Å². The molecule has 2 rings (SSSR count). The summed E-state index contributed by atoms with van der Waals surface area (Å²) < 4.78 is 27.7. The first-order valence-electron chi connectivity index (χ1n) is 10.6. The summed E-state index contributed by atoms with van der Waals surface area (Å²) >= 11 is 0. The summed E-state index contributed by atoms with van der Waals surface area (Å²) in [4.78, 5) is 4.32. The van der Waals surface area contributed by atoms with Crippen molar-refractivity contribution in [1.82, 2.24) is 10.6 Å². The smallest absolute Gasteiger partial charge is 0.203 e. The lowest BCUT2D eigenvalue weighted by Crippen LogP contribution is -2.36. The van der Waals surface area contributed by atoms with Crippen LogP contribution in [0.3, 0.4) is 0 Å². The number of hydrogen-bond donors (Lipinski definition) is 2. The minimum atomic E-state index is 0. The molecule has 0 aliphatic heterocycles. The Labute approximate surface area is 214 Å². The Hall–Kier alpha value is -2.40. The molecular formula is C24H36IN3O5. The molecule has 0 saturated heterocycles. The average Bonchev–Trinajstić information content (AvgIpc) is 2.82. The number of hydrogen-bond acceptors (Lipinski definition) is 6. The van der Waals surface area contributed by atoms with Crippen LogP contribution in [0.4, 0.5) is 0 Å². The molecule has 2 aromatic rings. The fraction of sp³-hybridized carbons (Fsp3) is 0.458. The van der Waals surface area contributed by atoms with Gasteiger partial charge in [-0.3, -0.25) is 4.99 Å². The van der Waals surface area contributed by atoms with E-state index in [4.69, 9.17) is 23.7 Å². The third-order valence-corrected chi connectivity index (χ3v) is 4.81. The molecule has 2 N–H and O–H groups in total. The number of benzene rings is 2. The molecule has 0 aliphatic rings. The van der Waals surface area contributed by atoms with Crippen LogP contribution in [-0.4, -0.2) is 54.2 Å². The summed E-state index contributed by atoms with van der Waals surface area (Å²) in [7, 11) is 6.53. The maximum atomic E-state index is 5.93. The molecule has 0 bridgehead atoms. The molecule has 9 heteroatoms. The minimum absolute atomic E-state index is 0. The zero-order valence-electron chi connectivity index (χ0n) is 20.3. The van der Waals surface area contributed by atoms with E-state index in [1.54, 1.807) is 28.4 Å². The van der Waals surface area contributed by atoms with E-state index in [9.17, 15) is 0 Å². The molecule has 0 atom stereocenters. The van der Waals surface area contributed by atoms with Gasteiger partial charge in [0.15, 0.2) is 17.5 Å². The molecule has 0 radical (unpaired) electrons. The Bertz CT molecular complexity index is 893. The highest BCUT2D eigenvalue weighted by atomic mass is 127. The quantitative estimate of drug-likeness (QED) is 0.173. The van der Waals surface area contributed by atoms with Crippen molar-refractivity contribution < 1.29 is 23.7 Å². The van der Waals surface area contributed by atoms with E-state index in [-0.39, 0.29) is 24.0 Å². The molecule has 0 saturated carbocycles. The third-order valence-electron chi connectivity index (χ3n) is 4.81. The average molecular weight is 573 g/mol. The molecule has 33 heavy (non-hydrogen) atoms. The van der Waals surface area contributed by atoms with Crippen LogP contribution in [0.5, 0.6) is 23.0 Å². The molecule has 0 spiro atoms. The van der Waals surface area contributed by atoms with E-state index in [1.165, 1.54) is 0 Å². The number of rotatable bonds is 12. The fourth-order valence-corrected chi connectivity index (χ4v) is 3.18. The normalized spacial score (nSPS) is 10.8. The van der Waals surface area contributed by atoms with Gasteiger partial charge in [-0.05, 0) is 37.6 Å². The Morgan fingerprint density at radius 1 is 0.848 bits per heavy atom. The van der Waals surface area contributed by atoms with Gasteiger partial charge in [0.25, 0.3) is 0 Å². The van der Waals surface area contributed by atoms with Gasteiger partial charge < -0.3 is 34.3 Å². The predicted octanol–water partition coefficient (Wildman–Crippen LogP) is 3.92. The molecule has 8 nitrogen and oxygen atoms in total. The number of guanidine groups is 1. The number of methoxy groups -OCH3 is 3. The number of ether oxygens (including phenoxy) is 5. The summed E-state index contributed by atoms with van der Waals surface area (Å²) in [5.41, 5.74) is 3.10. The molecule has 0 fully saturated rings. The summed E-state index contributed by atoms with van der Waals surface area (Å²) in [5, 5.41) is 6.65. The lowest BCUT2D eigenvalue weighted by molar-refractivity contribution is 0.110. The van der Waals surface area contributed by atoms with Crippen LogP contribution in [0.2, 0.25) is 0 Å². The Morgan fingerprint density at radius 3 is 2.12 bits per heavy atom. The van der Waals surface area contributed by atoms with Gasteiger partial charge in [-0.25, -0.2) is 0 Å². The third kappa shape index (κ3) is 8.47. The maximum absolute atomic E-state index is 5.93. The van der Waals surface area contributed by atoms with Crippen molar-refractivity contribution in [2.75, 3.05) is 48.2 Å². The Kier molecular flexibility index (Phi) is 13.4. The fourth-order valence-electron chi connectivity index (χ4n) is 3.18. The van der Waals surface area contributed by atoms with Crippen LogP contribution in [0.25, 0.3) is 0 Å². The highest BCUT2D eigenvalue weighted by molar-refractivity contribution is 14.0. The molecular weight excluding hydrogens is 537 g/mol. The maximum Gasteiger partial charge on any atom is 0.203 e. The van der Waals surface area contributed by atoms with Crippen molar-refractivity contribution in [3.8, 4) is 23.0 Å². The molecule has 0 amide bonds. The minimum Gasteiger partial charge on any atom is -0.493 e. The summed E-state index contributed by atoms with van der Waals surface area (Å²) in [5.74, 6) is 3.30. The second-order valence-corrected chi connectivity index (χ2v) is 6.93. The highest BCUT2D eigenvalue weighted by Gasteiger charge is 2.16. The first-order chi connectivity index (χ1) is 15.6. The second-order valence-electron chi connectivity index (χ2n) is 6.93. The van der Waals surface area contributed by atoms with E-state index < -0.39 is 0 Å². The van der Waals surface area contributed by atoms with Gasteiger partial charge in [0.2, 0.25) is 5.75 Å². The first kappa shape index (κ1) is 28.6. The van der Waals surface area contributed by atoms with Gasteiger partial charge in [-0.15, -0.1) is 24.0 Å². The predicted molar refractivity (Wildman–Crippen MR) is 142 cm³/mol. The number of aliphatic imine (C=N–C) groups is 1. The van der Waals surface area contributed by atoms with E-state index >= 15 is 0 Å². The Morgan fingerprint density at radius 2 is 1.52 bits per heavy atom. The molecule has 0 heterocycles. The van der Waals surface area contributed by atoms with Crippen LogP contribution in [0.15, 0.2) is 35.3 Å². The van der Waals surface area contributed by atoms with Crippen LogP contribution in [0, 0.1) is 6.92 Å². The highest BCUT2D eigenvalue weighted by Crippen LogP contribution is 2.39. The summed E-state index contributed by atoms with van der Waals surface area (Å²) in [6, 6.07) is 9.95. The number of nitrogens with zero attached hydrogens (tertiary/aromatic N) is 1. The van der Waals surface area contributed by atoms with Crippen molar-refractivity contribution >= 4 is 29.9 Å². The van der Waals surface area contributed by atoms with Gasteiger partial charge in [0.1, 0.15) is 12.4 Å². The topological polar surface area (TPSA) is 82.6 Å². The summed E-state index contributed by atoms with van der Waals surface area (Å²) in [6.45, 7) is 6.83. The van der Waals surface area contributed by atoms with Crippen LogP contribution in [0.1, 0.15) is 23.6 Å². The van der Waals surface area contributed by atoms with Crippen molar-refractivity contribution in [3.63, 3.8) is 0 Å². The lowest BCUT2D eigenvalue weighted by atomic mass is 10.1. The standard InChI is InChI=1S/C24H35N3O5.HI/c1-7-31-12-13-32-21-14-17(2)8-9-18(21)15-26-24(25-3)27-16-19-10-11-20(28-4)23(30-6)22(19)29-5;/h8-11,14H,7,12-13,15-16H2,1-6H3,(H2,25,26,27);1H. The van der Waals surface area contributed by atoms with E-state index in [0.29, 0.717) is 56.1 Å². The molecule has 0 unspecified atom stereocenters. The van der Waals surface area contributed by atoms with Crippen molar-refractivity contribution in [1.29, 1.82) is 0 Å². The van der Waals surface area contributed by atoms with Gasteiger partial charge in [-0.2, -0.15) is 0 Å². The first-order valence-corrected chi connectivity index (χ1v) is 10.6. The van der Waals surface area contributed by atoms with Crippen LogP contribution < -0.4 is 29.6 Å². The monoisotopic (exact) mass is 573 g/mol. The molecule has 184 valence electrons. The number of nitrogens with one attached hydrogen (secondary N) is 2. The zero-order chi connectivity index (χ0) is 23.3. The van der Waals surface area contributed by atoms with Crippen LogP contribution in [-0.2, 0) is 17.8 Å². The largest absolute Gasteiger partial charge is 0.493 e. The molecule has 2 aromatic carbocycles. The van der Waals surface area contributed by atoms with Gasteiger partial charge in [0.05, 0.1) is 27.9 Å². The van der Waals surface area contributed by atoms with Gasteiger partial charge in [0, 0.05) is 37.9 Å². The molecule has 0 aromatic heterocycles. The number of halogens is 1. The zero-order valence-corrected chi connectivity index (χ0v) is 22.6. The lowest BCUT2D eigenvalue weighted by Gasteiger charge is -2.18. The second kappa shape index (κ2) is 15.4. The van der Waals surface area contributed by atoms with Crippen molar-refractivity contribution in [3.05, 3.63) is 47.0 Å². The van der Waals surface area contributed by atoms with Gasteiger partial charge >= 0.3 is 0 Å². The van der Waals surface area contributed by atoms with E-state index in [2.05, 4.69) is 27.8 Å².